The summed E-state index contributed by atoms with van der Waals surface area (Å²) in [6.45, 7) is 7.15. The van der Waals surface area contributed by atoms with Crippen molar-refractivity contribution in [1.82, 2.24) is 25.0 Å². The molecule has 0 radical (unpaired) electrons. The zero-order valence-corrected chi connectivity index (χ0v) is 16.7. The SMILES string of the molecule is Cc1noc(C)c1-c1cc(C[C@H]2CCCN(Cc3nccs3)CC2)ncn1. The van der Waals surface area contributed by atoms with Crippen molar-refractivity contribution >= 4 is 11.3 Å². The summed E-state index contributed by atoms with van der Waals surface area (Å²) < 4.78 is 5.29. The molecule has 27 heavy (non-hydrogen) atoms. The van der Waals surface area contributed by atoms with E-state index in [4.69, 9.17) is 4.52 Å². The lowest BCUT2D eigenvalue weighted by Gasteiger charge is -2.18. The Morgan fingerprint density at radius 1 is 1.19 bits per heavy atom. The standard InChI is InChI=1S/C20H25N5OS/c1-14-20(15(2)26-24-14)18-11-17(22-13-23-18)10-16-4-3-7-25(8-5-16)12-19-21-6-9-27-19/h6,9,11,13,16H,3-5,7-8,10,12H2,1-2H3/t16-/m0/s1. The molecule has 4 heterocycles. The van der Waals surface area contributed by atoms with Crippen LogP contribution < -0.4 is 0 Å². The second kappa shape index (κ2) is 8.27. The van der Waals surface area contributed by atoms with Gasteiger partial charge in [0.05, 0.1) is 23.5 Å². The number of nitrogens with zero attached hydrogens (tertiary/aromatic N) is 5. The lowest BCUT2D eigenvalue weighted by atomic mass is 9.94. The van der Waals surface area contributed by atoms with Crippen LogP contribution in [0.5, 0.6) is 0 Å². The van der Waals surface area contributed by atoms with Gasteiger partial charge in [-0.15, -0.1) is 11.3 Å². The van der Waals surface area contributed by atoms with E-state index in [2.05, 4.69) is 36.5 Å². The van der Waals surface area contributed by atoms with Gasteiger partial charge in [-0.3, -0.25) is 4.90 Å². The summed E-state index contributed by atoms with van der Waals surface area (Å²) in [5.41, 5.74) is 3.90. The first kappa shape index (κ1) is 18.3. The van der Waals surface area contributed by atoms with E-state index in [1.807, 2.05) is 20.0 Å². The number of thiazole rings is 1. The molecule has 142 valence electrons. The van der Waals surface area contributed by atoms with E-state index in [9.17, 15) is 0 Å². The topological polar surface area (TPSA) is 67.9 Å². The monoisotopic (exact) mass is 383 g/mol. The van der Waals surface area contributed by atoms with Crippen LogP contribution in [0.4, 0.5) is 0 Å². The third kappa shape index (κ3) is 4.42. The lowest BCUT2D eigenvalue weighted by molar-refractivity contribution is 0.272. The molecule has 0 aromatic carbocycles. The van der Waals surface area contributed by atoms with Crippen molar-refractivity contribution in [3.8, 4) is 11.3 Å². The van der Waals surface area contributed by atoms with E-state index in [0.717, 1.165) is 54.5 Å². The van der Waals surface area contributed by atoms with Gasteiger partial charge < -0.3 is 4.52 Å². The average Bonchev–Trinajstić information content (AvgIpc) is 3.22. The molecule has 1 atom stereocenters. The van der Waals surface area contributed by atoms with Gasteiger partial charge in [-0.2, -0.15) is 0 Å². The molecule has 0 N–H and O–H groups in total. The molecular formula is C20H25N5OS. The number of rotatable bonds is 5. The highest BCUT2D eigenvalue weighted by Crippen LogP contribution is 2.27. The summed E-state index contributed by atoms with van der Waals surface area (Å²) in [7, 11) is 0. The van der Waals surface area contributed by atoms with Crippen molar-refractivity contribution in [2.45, 2.75) is 46.1 Å². The first-order valence-electron chi connectivity index (χ1n) is 9.54. The van der Waals surface area contributed by atoms with Crippen LogP contribution in [0.15, 0.2) is 28.5 Å². The summed E-state index contributed by atoms with van der Waals surface area (Å²) in [5.74, 6) is 1.48. The van der Waals surface area contributed by atoms with Gasteiger partial charge in [0.25, 0.3) is 0 Å². The Labute approximate surface area is 163 Å². The molecule has 3 aromatic heterocycles. The summed E-state index contributed by atoms with van der Waals surface area (Å²) in [4.78, 5) is 15.9. The van der Waals surface area contributed by atoms with Crippen LogP contribution in [0.25, 0.3) is 11.3 Å². The Balaban J connectivity index is 1.40. The summed E-state index contributed by atoms with van der Waals surface area (Å²) >= 11 is 1.75. The highest BCUT2D eigenvalue weighted by atomic mass is 32.1. The predicted octanol–water partition coefficient (Wildman–Crippen LogP) is 4.05. The van der Waals surface area contributed by atoms with Crippen LogP contribution in [0.3, 0.4) is 0 Å². The van der Waals surface area contributed by atoms with Crippen molar-refractivity contribution in [3.05, 3.63) is 46.1 Å². The van der Waals surface area contributed by atoms with E-state index < -0.39 is 0 Å². The minimum Gasteiger partial charge on any atom is -0.361 e. The molecule has 1 saturated heterocycles. The van der Waals surface area contributed by atoms with Gasteiger partial charge in [-0.1, -0.05) is 5.16 Å². The molecule has 1 aliphatic heterocycles. The summed E-state index contributed by atoms with van der Waals surface area (Å²) in [5, 5.41) is 7.32. The smallest absolute Gasteiger partial charge is 0.143 e. The Morgan fingerprint density at radius 3 is 2.89 bits per heavy atom. The maximum absolute atomic E-state index is 5.29. The quantitative estimate of drug-likeness (QED) is 0.662. The molecule has 0 unspecified atom stereocenters. The van der Waals surface area contributed by atoms with Gasteiger partial charge >= 0.3 is 0 Å². The summed E-state index contributed by atoms with van der Waals surface area (Å²) in [6.07, 6.45) is 8.26. The van der Waals surface area contributed by atoms with Gasteiger partial charge in [-0.05, 0) is 64.6 Å². The highest BCUT2D eigenvalue weighted by molar-refractivity contribution is 7.09. The minimum absolute atomic E-state index is 0.665. The highest BCUT2D eigenvalue weighted by Gasteiger charge is 2.20. The van der Waals surface area contributed by atoms with Crippen LogP contribution in [0.1, 0.15) is 41.4 Å². The second-order valence-electron chi connectivity index (χ2n) is 7.30. The second-order valence-corrected chi connectivity index (χ2v) is 8.28. The average molecular weight is 384 g/mol. The molecule has 1 aliphatic rings. The van der Waals surface area contributed by atoms with E-state index in [0.29, 0.717) is 5.92 Å². The molecule has 0 aliphatic carbocycles. The predicted molar refractivity (Wildman–Crippen MR) is 105 cm³/mol. The van der Waals surface area contributed by atoms with Crippen LogP contribution in [0, 0.1) is 19.8 Å². The van der Waals surface area contributed by atoms with Crippen LogP contribution in [-0.4, -0.2) is 38.1 Å². The normalized spacial score (nSPS) is 18.5. The zero-order chi connectivity index (χ0) is 18.6. The van der Waals surface area contributed by atoms with Gasteiger partial charge in [-0.25, -0.2) is 15.0 Å². The molecule has 0 saturated carbocycles. The Kier molecular flexibility index (Phi) is 5.59. The van der Waals surface area contributed by atoms with Gasteiger partial charge in [0, 0.05) is 17.3 Å². The molecule has 1 fully saturated rings. The van der Waals surface area contributed by atoms with Gasteiger partial charge in [0.15, 0.2) is 0 Å². The Morgan fingerprint density at radius 2 is 2.11 bits per heavy atom. The molecule has 0 bridgehead atoms. The van der Waals surface area contributed by atoms with E-state index in [1.165, 1.54) is 24.3 Å². The van der Waals surface area contributed by atoms with Crippen LogP contribution in [-0.2, 0) is 13.0 Å². The largest absolute Gasteiger partial charge is 0.361 e. The van der Waals surface area contributed by atoms with Crippen LogP contribution in [0.2, 0.25) is 0 Å². The van der Waals surface area contributed by atoms with Crippen molar-refractivity contribution in [2.75, 3.05) is 13.1 Å². The van der Waals surface area contributed by atoms with Crippen molar-refractivity contribution in [1.29, 1.82) is 0 Å². The van der Waals surface area contributed by atoms with Crippen molar-refractivity contribution in [3.63, 3.8) is 0 Å². The zero-order valence-electron chi connectivity index (χ0n) is 15.9. The Hall–Kier alpha value is -2.12. The first-order valence-corrected chi connectivity index (χ1v) is 10.4. The van der Waals surface area contributed by atoms with Crippen LogP contribution >= 0.6 is 11.3 Å². The fourth-order valence-corrected chi connectivity index (χ4v) is 4.56. The Bertz CT molecular complexity index is 857. The van der Waals surface area contributed by atoms with Crippen molar-refractivity contribution < 1.29 is 4.52 Å². The number of likely N-dealkylation sites (tertiary alicyclic amines) is 1. The van der Waals surface area contributed by atoms with E-state index in [1.54, 1.807) is 17.7 Å². The molecule has 0 amide bonds. The number of hydrogen-bond donors (Lipinski definition) is 0. The fraction of sp³-hybridized carbons (Fsp3) is 0.500. The maximum atomic E-state index is 5.29. The first-order chi connectivity index (χ1) is 13.2. The third-order valence-electron chi connectivity index (χ3n) is 5.29. The number of aryl methyl sites for hydroxylation is 2. The summed E-state index contributed by atoms with van der Waals surface area (Å²) in [6, 6.07) is 2.10. The third-order valence-corrected chi connectivity index (χ3v) is 6.06. The number of aromatic nitrogens is 4. The molecule has 7 heteroatoms. The maximum Gasteiger partial charge on any atom is 0.143 e. The van der Waals surface area contributed by atoms with Gasteiger partial charge in [0.2, 0.25) is 0 Å². The van der Waals surface area contributed by atoms with Gasteiger partial charge in [0.1, 0.15) is 17.1 Å². The molecule has 4 rings (SSSR count). The lowest BCUT2D eigenvalue weighted by Crippen LogP contribution is -2.24. The molecular weight excluding hydrogens is 358 g/mol. The number of hydrogen-bond acceptors (Lipinski definition) is 7. The van der Waals surface area contributed by atoms with E-state index in [-0.39, 0.29) is 0 Å². The van der Waals surface area contributed by atoms with E-state index >= 15 is 0 Å². The fourth-order valence-electron chi connectivity index (χ4n) is 3.90. The molecule has 3 aromatic rings. The molecule has 0 spiro atoms. The minimum atomic E-state index is 0.665. The van der Waals surface area contributed by atoms with Crippen molar-refractivity contribution in [2.24, 2.45) is 5.92 Å². The molecule has 6 nitrogen and oxygen atoms in total.